The van der Waals surface area contributed by atoms with Crippen molar-refractivity contribution in [1.29, 1.82) is 0 Å². The van der Waals surface area contributed by atoms with Crippen LogP contribution < -0.4 is 0 Å². The van der Waals surface area contributed by atoms with Crippen LogP contribution in [0.4, 0.5) is 0 Å². The van der Waals surface area contributed by atoms with E-state index in [-0.39, 0.29) is 0 Å². The lowest BCUT2D eigenvalue weighted by Crippen LogP contribution is -1.83. The van der Waals surface area contributed by atoms with Crippen LogP contribution in [0, 0.1) is 6.92 Å². The summed E-state index contributed by atoms with van der Waals surface area (Å²) in [5.74, 6) is 0.609. The van der Waals surface area contributed by atoms with Gasteiger partial charge in [0.1, 0.15) is 0 Å². The van der Waals surface area contributed by atoms with Crippen LogP contribution in [0.3, 0.4) is 0 Å². The first-order valence-electron chi connectivity index (χ1n) is 4.38. The molecule has 1 aromatic heterocycles. The summed E-state index contributed by atoms with van der Waals surface area (Å²) >= 11 is 9.60. The Kier molecular flexibility index (Phi) is 3.05. The van der Waals surface area contributed by atoms with E-state index in [4.69, 9.17) is 11.6 Å². The summed E-state index contributed by atoms with van der Waals surface area (Å²) in [6.45, 7) is 2.12. The van der Waals surface area contributed by atoms with Crippen LogP contribution >= 0.6 is 34.7 Å². The van der Waals surface area contributed by atoms with E-state index in [0.717, 1.165) is 0 Å². The van der Waals surface area contributed by atoms with Crippen molar-refractivity contribution in [3.63, 3.8) is 0 Å². The molecule has 2 aromatic rings. The van der Waals surface area contributed by atoms with Crippen molar-refractivity contribution in [2.45, 2.75) is 17.0 Å². The Balaban J connectivity index is 2.73. The number of halogens is 1. The second-order valence-corrected chi connectivity index (χ2v) is 5.61. The summed E-state index contributed by atoms with van der Waals surface area (Å²) in [4.78, 5) is 0. The molecule has 0 N–H and O–H groups in total. The Morgan fingerprint density at radius 1 is 1.43 bits per heavy atom. The van der Waals surface area contributed by atoms with Gasteiger partial charge in [-0.1, -0.05) is 12.1 Å². The molecule has 0 unspecified atom stereocenters. The van der Waals surface area contributed by atoms with Gasteiger partial charge in [-0.3, -0.25) is 0 Å². The fourth-order valence-corrected chi connectivity index (χ4v) is 3.74. The number of aryl methyl sites for hydroxylation is 1. The van der Waals surface area contributed by atoms with Crippen molar-refractivity contribution in [3.05, 3.63) is 29.3 Å². The second kappa shape index (κ2) is 4.13. The minimum absolute atomic E-state index is 0.609. The SMILES string of the molecule is CSc1cc2ccc(C)c(CCl)c2s1. The van der Waals surface area contributed by atoms with Crippen molar-refractivity contribution in [2.24, 2.45) is 0 Å². The Labute approximate surface area is 97.3 Å². The van der Waals surface area contributed by atoms with E-state index in [2.05, 4.69) is 31.4 Å². The Morgan fingerprint density at radius 2 is 2.21 bits per heavy atom. The topological polar surface area (TPSA) is 0 Å². The van der Waals surface area contributed by atoms with Gasteiger partial charge in [0.2, 0.25) is 0 Å². The first-order chi connectivity index (χ1) is 6.76. The van der Waals surface area contributed by atoms with Crippen LogP contribution in [-0.2, 0) is 5.88 Å². The number of hydrogen-bond acceptors (Lipinski definition) is 2. The molecule has 0 bridgehead atoms. The molecule has 0 aliphatic carbocycles. The predicted molar refractivity (Wildman–Crippen MR) is 67.9 cm³/mol. The van der Waals surface area contributed by atoms with Gasteiger partial charge in [0.25, 0.3) is 0 Å². The molecule has 2 rings (SSSR count). The molecule has 1 aromatic carbocycles. The van der Waals surface area contributed by atoms with Crippen LogP contribution in [0.1, 0.15) is 11.1 Å². The van der Waals surface area contributed by atoms with Crippen LogP contribution in [0.15, 0.2) is 22.4 Å². The molecule has 14 heavy (non-hydrogen) atoms. The van der Waals surface area contributed by atoms with Gasteiger partial charge in [-0.25, -0.2) is 0 Å². The molecule has 0 saturated carbocycles. The maximum atomic E-state index is 5.96. The van der Waals surface area contributed by atoms with Crippen LogP contribution in [-0.4, -0.2) is 6.26 Å². The lowest BCUT2D eigenvalue weighted by atomic mass is 10.1. The molecule has 0 fully saturated rings. The summed E-state index contributed by atoms with van der Waals surface area (Å²) in [5, 5.41) is 1.32. The highest BCUT2D eigenvalue weighted by molar-refractivity contribution is 8.00. The van der Waals surface area contributed by atoms with E-state index in [0.29, 0.717) is 5.88 Å². The van der Waals surface area contributed by atoms with Gasteiger partial charge in [-0.2, -0.15) is 0 Å². The van der Waals surface area contributed by atoms with Gasteiger partial charge in [-0.15, -0.1) is 34.7 Å². The van der Waals surface area contributed by atoms with E-state index in [1.807, 2.05) is 11.3 Å². The number of alkyl halides is 1. The largest absolute Gasteiger partial charge is 0.128 e. The predicted octanol–water partition coefficient (Wildman–Crippen LogP) is 4.67. The molecule has 0 spiro atoms. The molecule has 0 atom stereocenters. The van der Waals surface area contributed by atoms with Gasteiger partial charge in [-0.05, 0) is 35.8 Å². The second-order valence-electron chi connectivity index (χ2n) is 3.18. The number of hydrogen-bond donors (Lipinski definition) is 0. The molecule has 0 saturated heterocycles. The maximum Gasteiger partial charge on any atom is 0.0608 e. The van der Waals surface area contributed by atoms with Crippen molar-refractivity contribution in [2.75, 3.05) is 6.26 Å². The summed E-state index contributed by atoms with van der Waals surface area (Å²) in [6, 6.07) is 6.56. The number of benzene rings is 1. The van der Waals surface area contributed by atoms with Gasteiger partial charge in [0.15, 0.2) is 0 Å². The quantitative estimate of drug-likeness (QED) is 0.545. The first kappa shape index (κ1) is 10.3. The fourth-order valence-electron chi connectivity index (χ4n) is 1.50. The monoisotopic (exact) mass is 242 g/mol. The van der Waals surface area contributed by atoms with Gasteiger partial charge >= 0.3 is 0 Å². The highest BCUT2D eigenvalue weighted by Crippen LogP contribution is 2.35. The fraction of sp³-hybridized carbons (Fsp3) is 0.273. The normalized spacial score (nSPS) is 11.1. The lowest BCUT2D eigenvalue weighted by molar-refractivity contribution is 1.35. The molecule has 74 valence electrons. The Hall–Kier alpha value is -0.180. The highest BCUT2D eigenvalue weighted by atomic mass is 35.5. The summed E-state index contributed by atoms with van der Waals surface area (Å²) in [5.41, 5.74) is 2.58. The highest BCUT2D eigenvalue weighted by Gasteiger charge is 2.07. The molecule has 0 aliphatic rings. The van der Waals surface area contributed by atoms with Crippen LogP contribution in [0.2, 0.25) is 0 Å². The molecule has 1 heterocycles. The third-order valence-corrected chi connectivity index (χ3v) is 4.88. The zero-order valence-electron chi connectivity index (χ0n) is 8.13. The van der Waals surface area contributed by atoms with Crippen molar-refractivity contribution in [3.8, 4) is 0 Å². The summed E-state index contributed by atoms with van der Waals surface area (Å²) in [7, 11) is 0. The number of thioether (sulfide) groups is 1. The van der Waals surface area contributed by atoms with Crippen LogP contribution in [0.25, 0.3) is 10.1 Å². The van der Waals surface area contributed by atoms with Crippen molar-refractivity contribution in [1.82, 2.24) is 0 Å². The molecule has 3 heteroatoms. The average molecular weight is 243 g/mol. The van der Waals surface area contributed by atoms with Gasteiger partial charge in [0, 0.05) is 10.6 Å². The molecule has 0 nitrogen and oxygen atoms in total. The zero-order valence-corrected chi connectivity index (χ0v) is 10.5. The smallest absolute Gasteiger partial charge is 0.0608 e. The molecular formula is C11H11ClS2. The third-order valence-electron chi connectivity index (χ3n) is 2.34. The molecular weight excluding hydrogens is 232 g/mol. The minimum Gasteiger partial charge on any atom is -0.128 e. The Morgan fingerprint density at radius 3 is 2.86 bits per heavy atom. The zero-order chi connectivity index (χ0) is 10.1. The Bertz CT molecular complexity index is 460. The first-order valence-corrected chi connectivity index (χ1v) is 6.96. The number of fused-ring (bicyclic) bond motifs is 1. The van der Waals surface area contributed by atoms with Gasteiger partial charge < -0.3 is 0 Å². The van der Waals surface area contributed by atoms with Gasteiger partial charge in [0.05, 0.1) is 4.21 Å². The summed E-state index contributed by atoms with van der Waals surface area (Å²) < 4.78 is 2.71. The third kappa shape index (κ3) is 1.67. The van der Waals surface area contributed by atoms with E-state index < -0.39 is 0 Å². The maximum absolute atomic E-state index is 5.96. The number of thiophene rings is 1. The molecule has 0 radical (unpaired) electrons. The average Bonchev–Trinajstić information content (AvgIpc) is 2.60. The van der Waals surface area contributed by atoms with Crippen LogP contribution in [0.5, 0.6) is 0 Å². The molecule has 0 amide bonds. The molecule has 0 aliphatic heterocycles. The summed E-state index contributed by atoms with van der Waals surface area (Å²) in [6.07, 6.45) is 2.11. The number of rotatable bonds is 2. The van der Waals surface area contributed by atoms with Crippen molar-refractivity contribution < 1.29 is 0 Å². The standard InChI is InChI=1S/C11H11ClS2/c1-7-3-4-8-5-10(13-2)14-11(8)9(7)6-12/h3-5H,6H2,1-2H3. The van der Waals surface area contributed by atoms with E-state index in [9.17, 15) is 0 Å². The lowest BCUT2D eigenvalue weighted by Gasteiger charge is -2.02. The van der Waals surface area contributed by atoms with E-state index in [1.54, 1.807) is 11.8 Å². The van der Waals surface area contributed by atoms with E-state index in [1.165, 1.54) is 25.4 Å². The van der Waals surface area contributed by atoms with E-state index >= 15 is 0 Å². The van der Waals surface area contributed by atoms with Crippen molar-refractivity contribution >= 4 is 44.8 Å². The minimum atomic E-state index is 0.609.